The van der Waals surface area contributed by atoms with Crippen molar-refractivity contribution in [2.24, 2.45) is 5.14 Å². The van der Waals surface area contributed by atoms with Gasteiger partial charge in [0.2, 0.25) is 10.0 Å². The van der Waals surface area contributed by atoms with Crippen molar-refractivity contribution in [3.63, 3.8) is 0 Å². The third-order valence-electron chi connectivity index (χ3n) is 0.474. The molecule has 0 aliphatic heterocycles. The zero-order chi connectivity index (χ0) is 6.78. The van der Waals surface area contributed by atoms with Gasteiger partial charge < -0.3 is 5.11 Å². The maximum Gasteiger partial charge on any atom is 0.211 e. The molecule has 0 unspecified atom stereocenters. The number of primary sulfonamides is 1. The number of nitrogens with two attached hydrogens (primary N) is 1. The first-order chi connectivity index (χ1) is 3.42. The SMILES string of the molecule is C[C@H](O)CS(N)(=O)=O. The summed E-state index contributed by atoms with van der Waals surface area (Å²) in [5.41, 5.74) is 0. The second-order valence-corrected chi connectivity index (χ2v) is 3.34. The zero-order valence-corrected chi connectivity index (χ0v) is 5.35. The predicted octanol–water partition coefficient (Wildman–Crippen LogP) is -1.34. The summed E-state index contributed by atoms with van der Waals surface area (Å²) in [5, 5.41) is 13.0. The lowest BCUT2D eigenvalue weighted by Crippen LogP contribution is -2.24. The van der Waals surface area contributed by atoms with Crippen LogP contribution in [0.15, 0.2) is 0 Å². The lowest BCUT2D eigenvalue weighted by Gasteiger charge is -1.98. The van der Waals surface area contributed by atoms with Gasteiger partial charge >= 0.3 is 0 Å². The van der Waals surface area contributed by atoms with Crippen LogP contribution in [0, 0.1) is 0 Å². The monoisotopic (exact) mass is 139 g/mol. The lowest BCUT2D eigenvalue weighted by molar-refractivity contribution is 0.218. The van der Waals surface area contributed by atoms with Crippen LogP contribution in [0.3, 0.4) is 0 Å². The fraction of sp³-hybridized carbons (Fsp3) is 1.00. The molecule has 0 aromatic carbocycles. The molecule has 3 N–H and O–H groups in total. The van der Waals surface area contributed by atoms with Crippen LogP contribution < -0.4 is 5.14 Å². The van der Waals surface area contributed by atoms with Gasteiger partial charge in [-0.05, 0) is 6.92 Å². The smallest absolute Gasteiger partial charge is 0.211 e. The van der Waals surface area contributed by atoms with Crippen LogP contribution in [0.4, 0.5) is 0 Å². The number of sulfonamides is 1. The highest BCUT2D eigenvalue weighted by molar-refractivity contribution is 7.89. The fourth-order valence-corrected chi connectivity index (χ4v) is 1.01. The van der Waals surface area contributed by atoms with Gasteiger partial charge in [0, 0.05) is 0 Å². The van der Waals surface area contributed by atoms with Crippen molar-refractivity contribution in [3.05, 3.63) is 0 Å². The zero-order valence-electron chi connectivity index (χ0n) is 4.53. The Morgan fingerprint density at radius 3 is 2.12 bits per heavy atom. The Labute approximate surface area is 48.4 Å². The maximum atomic E-state index is 10.1. The van der Waals surface area contributed by atoms with Gasteiger partial charge in [-0.3, -0.25) is 0 Å². The normalized spacial score (nSPS) is 15.9. The third-order valence-corrected chi connectivity index (χ3v) is 1.42. The minimum absolute atomic E-state index is 0.368. The molecule has 0 radical (unpaired) electrons. The average molecular weight is 139 g/mol. The van der Waals surface area contributed by atoms with Gasteiger partial charge in [-0.15, -0.1) is 0 Å². The Morgan fingerprint density at radius 1 is 1.75 bits per heavy atom. The van der Waals surface area contributed by atoms with Gasteiger partial charge in [0.1, 0.15) is 0 Å². The quantitative estimate of drug-likeness (QED) is 0.496. The molecule has 0 spiro atoms. The van der Waals surface area contributed by atoms with Crippen molar-refractivity contribution in [1.29, 1.82) is 0 Å². The van der Waals surface area contributed by atoms with Crippen molar-refractivity contribution >= 4 is 10.0 Å². The largest absolute Gasteiger partial charge is 0.392 e. The molecular weight excluding hydrogens is 130 g/mol. The predicted molar refractivity (Wildman–Crippen MR) is 29.7 cm³/mol. The minimum Gasteiger partial charge on any atom is -0.392 e. The second kappa shape index (κ2) is 2.43. The second-order valence-electron chi connectivity index (χ2n) is 1.68. The summed E-state index contributed by atoms with van der Waals surface area (Å²) in [6.45, 7) is 1.37. The van der Waals surface area contributed by atoms with E-state index < -0.39 is 16.1 Å². The van der Waals surface area contributed by atoms with Crippen LogP contribution in [0.2, 0.25) is 0 Å². The minimum atomic E-state index is -3.47. The van der Waals surface area contributed by atoms with Crippen molar-refractivity contribution in [2.45, 2.75) is 13.0 Å². The molecule has 5 heteroatoms. The highest BCUT2D eigenvalue weighted by atomic mass is 32.2. The average Bonchev–Trinajstić information content (AvgIpc) is 1.21. The fourth-order valence-electron chi connectivity index (χ4n) is 0.336. The summed E-state index contributed by atoms with van der Waals surface area (Å²) < 4.78 is 20.1. The third kappa shape index (κ3) is 5.87. The van der Waals surface area contributed by atoms with Gasteiger partial charge in [-0.1, -0.05) is 0 Å². The summed E-state index contributed by atoms with van der Waals surface area (Å²) in [5.74, 6) is -0.368. The molecule has 0 heterocycles. The Morgan fingerprint density at radius 2 is 2.12 bits per heavy atom. The van der Waals surface area contributed by atoms with E-state index in [1.165, 1.54) is 6.92 Å². The molecular formula is C3H9NO3S. The number of rotatable bonds is 2. The van der Waals surface area contributed by atoms with E-state index >= 15 is 0 Å². The van der Waals surface area contributed by atoms with Crippen molar-refractivity contribution in [1.82, 2.24) is 0 Å². The summed E-state index contributed by atoms with van der Waals surface area (Å²) in [4.78, 5) is 0. The molecule has 0 aliphatic carbocycles. The Hall–Kier alpha value is -0.130. The molecule has 50 valence electrons. The Balaban J connectivity index is 3.75. The molecule has 0 saturated heterocycles. The standard InChI is InChI=1S/C3H9NO3S/c1-3(5)2-8(4,6)7/h3,5H,2H2,1H3,(H2,4,6,7)/t3-/m0/s1. The van der Waals surface area contributed by atoms with Crippen LogP contribution in [-0.4, -0.2) is 25.4 Å². The van der Waals surface area contributed by atoms with E-state index in [4.69, 9.17) is 5.11 Å². The van der Waals surface area contributed by atoms with Crippen molar-refractivity contribution in [2.75, 3.05) is 5.75 Å². The maximum absolute atomic E-state index is 10.1. The Bertz CT molecular complexity index is 148. The van der Waals surface area contributed by atoms with E-state index in [9.17, 15) is 8.42 Å². The van der Waals surface area contributed by atoms with Crippen LogP contribution in [-0.2, 0) is 10.0 Å². The number of aliphatic hydroxyl groups is 1. The highest BCUT2D eigenvalue weighted by Gasteiger charge is 2.05. The molecule has 0 rings (SSSR count). The van der Waals surface area contributed by atoms with Crippen molar-refractivity contribution < 1.29 is 13.5 Å². The topological polar surface area (TPSA) is 80.4 Å². The summed E-state index contributed by atoms with van der Waals surface area (Å²) in [6, 6.07) is 0. The first kappa shape index (κ1) is 7.87. The van der Waals surface area contributed by atoms with Crippen LogP contribution in [0.25, 0.3) is 0 Å². The molecule has 0 amide bonds. The Kier molecular flexibility index (Phi) is 2.39. The van der Waals surface area contributed by atoms with E-state index in [-0.39, 0.29) is 5.75 Å². The van der Waals surface area contributed by atoms with Gasteiger partial charge in [-0.2, -0.15) is 0 Å². The molecule has 0 saturated carbocycles. The van der Waals surface area contributed by atoms with E-state index in [1.54, 1.807) is 0 Å². The molecule has 1 atom stereocenters. The molecule has 0 aromatic rings. The summed E-state index contributed by atoms with van der Waals surface area (Å²) in [6.07, 6.45) is -0.870. The number of aliphatic hydroxyl groups excluding tert-OH is 1. The van der Waals surface area contributed by atoms with Crippen LogP contribution in [0.1, 0.15) is 6.92 Å². The number of hydrogen-bond donors (Lipinski definition) is 2. The van der Waals surface area contributed by atoms with E-state index in [0.717, 1.165) is 0 Å². The van der Waals surface area contributed by atoms with Crippen LogP contribution >= 0.6 is 0 Å². The van der Waals surface area contributed by atoms with Gasteiger partial charge in [0.25, 0.3) is 0 Å². The lowest BCUT2D eigenvalue weighted by atomic mass is 10.5. The summed E-state index contributed by atoms with van der Waals surface area (Å²) >= 11 is 0. The van der Waals surface area contributed by atoms with E-state index in [2.05, 4.69) is 5.14 Å². The first-order valence-electron chi connectivity index (χ1n) is 2.10. The molecule has 0 fully saturated rings. The van der Waals surface area contributed by atoms with Crippen LogP contribution in [0.5, 0.6) is 0 Å². The number of hydrogen-bond acceptors (Lipinski definition) is 3. The molecule has 8 heavy (non-hydrogen) atoms. The van der Waals surface area contributed by atoms with Crippen molar-refractivity contribution in [3.8, 4) is 0 Å². The highest BCUT2D eigenvalue weighted by Crippen LogP contribution is 1.83. The molecule has 4 nitrogen and oxygen atoms in total. The van der Waals surface area contributed by atoms with E-state index in [1.807, 2.05) is 0 Å². The van der Waals surface area contributed by atoms with Gasteiger partial charge in [-0.25, -0.2) is 13.6 Å². The molecule has 0 aliphatic rings. The molecule has 0 bridgehead atoms. The van der Waals surface area contributed by atoms with Gasteiger partial charge in [0.05, 0.1) is 11.9 Å². The van der Waals surface area contributed by atoms with Gasteiger partial charge in [0.15, 0.2) is 0 Å². The summed E-state index contributed by atoms with van der Waals surface area (Å²) in [7, 11) is -3.47. The first-order valence-corrected chi connectivity index (χ1v) is 3.82. The molecule has 0 aromatic heterocycles. The van der Waals surface area contributed by atoms with E-state index in [0.29, 0.717) is 0 Å².